The number of likely N-dealkylation sites (N-methyl/N-ethyl adjacent to an activating group) is 1. The quantitative estimate of drug-likeness (QED) is 0.559. The van der Waals surface area contributed by atoms with Gasteiger partial charge in [0.1, 0.15) is 18.0 Å². The molecule has 2 aliphatic rings. The molecule has 0 aliphatic carbocycles. The molecule has 2 amide bonds. The van der Waals surface area contributed by atoms with Crippen molar-refractivity contribution in [3.05, 3.63) is 64.7 Å². The summed E-state index contributed by atoms with van der Waals surface area (Å²) in [6.45, 7) is 3.14. The van der Waals surface area contributed by atoms with Gasteiger partial charge in [0.25, 0.3) is 5.91 Å². The van der Waals surface area contributed by atoms with Crippen LogP contribution in [0.3, 0.4) is 0 Å². The van der Waals surface area contributed by atoms with Crippen LogP contribution in [0.25, 0.3) is 0 Å². The van der Waals surface area contributed by atoms with Gasteiger partial charge in [-0.05, 0) is 49.5 Å². The number of ether oxygens (including phenoxy) is 2. The van der Waals surface area contributed by atoms with Crippen molar-refractivity contribution in [2.75, 3.05) is 59.5 Å². The molecule has 2 heterocycles. The van der Waals surface area contributed by atoms with Crippen molar-refractivity contribution < 1.29 is 32.2 Å². The number of amides is 2. The number of halogens is 4. The van der Waals surface area contributed by atoms with E-state index >= 15 is 0 Å². The maximum absolute atomic E-state index is 13.3. The monoisotopic (exact) mass is 539 g/mol. The Morgan fingerprint density at radius 3 is 2.38 bits per heavy atom. The number of rotatable bonds is 6. The topological polar surface area (TPSA) is 62.3 Å². The molecule has 2 fully saturated rings. The number of piperazine rings is 1. The zero-order valence-electron chi connectivity index (χ0n) is 20.5. The summed E-state index contributed by atoms with van der Waals surface area (Å²) in [4.78, 5) is 31.9. The second kappa shape index (κ2) is 11.3. The van der Waals surface area contributed by atoms with Crippen LogP contribution < -0.4 is 4.74 Å². The van der Waals surface area contributed by atoms with Crippen molar-refractivity contribution in [2.24, 2.45) is 0 Å². The number of nitrogens with zero attached hydrogens (tertiary/aromatic N) is 3. The van der Waals surface area contributed by atoms with Crippen LogP contribution in [0.4, 0.5) is 13.2 Å². The molecule has 0 bridgehead atoms. The molecule has 2 aromatic carbocycles. The fraction of sp³-hybridized carbons (Fsp3) is 0.462. The first kappa shape index (κ1) is 27.2. The normalized spacial score (nSPS) is 21.1. The standard InChI is InChI=1S/C26H29ClF3N3O4/c1-31-9-11-32(12-10-31)23(34)16-25(18-36-22-4-2-3-21(27)15-22)17-33(13-14-37-25)24(35)19-5-7-20(8-6-19)26(28,29)30/h2-8,15H,9-14,16-18H2,1H3. The lowest BCUT2D eigenvalue weighted by Crippen LogP contribution is -2.59. The minimum Gasteiger partial charge on any atom is -0.490 e. The van der Waals surface area contributed by atoms with Crippen molar-refractivity contribution in [1.82, 2.24) is 14.7 Å². The molecule has 11 heteroatoms. The highest BCUT2D eigenvalue weighted by Gasteiger charge is 2.43. The zero-order valence-corrected chi connectivity index (χ0v) is 21.2. The molecule has 4 rings (SSSR count). The van der Waals surface area contributed by atoms with Crippen molar-refractivity contribution in [1.29, 1.82) is 0 Å². The number of alkyl halides is 3. The summed E-state index contributed by atoms with van der Waals surface area (Å²) < 4.78 is 50.9. The molecule has 0 spiro atoms. The van der Waals surface area contributed by atoms with Gasteiger partial charge in [0.05, 0.1) is 25.1 Å². The Kier molecular flexibility index (Phi) is 8.30. The highest BCUT2D eigenvalue weighted by Crippen LogP contribution is 2.30. The molecule has 1 unspecified atom stereocenters. The molecular formula is C26H29ClF3N3O4. The van der Waals surface area contributed by atoms with Crippen LogP contribution in [-0.4, -0.2) is 91.6 Å². The van der Waals surface area contributed by atoms with Crippen LogP contribution >= 0.6 is 11.6 Å². The molecule has 2 saturated heterocycles. The predicted molar refractivity (Wildman–Crippen MR) is 132 cm³/mol. The fourth-order valence-electron chi connectivity index (χ4n) is 4.46. The van der Waals surface area contributed by atoms with Gasteiger partial charge in [-0.1, -0.05) is 17.7 Å². The first-order valence-corrected chi connectivity index (χ1v) is 12.4. The van der Waals surface area contributed by atoms with Crippen LogP contribution in [0.2, 0.25) is 5.02 Å². The maximum Gasteiger partial charge on any atom is 0.416 e. The van der Waals surface area contributed by atoms with Gasteiger partial charge >= 0.3 is 6.18 Å². The lowest BCUT2D eigenvalue weighted by Gasteiger charge is -2.43. The van der Waals surface area contributed by atoms with Gasteiger partial charge in [0, 0.05) is 43.3 Å². The van der Waals surface area contributed by atoms with Gasteiger partial charge in [-0.15, -0.1) is 0 Å². The van der Waals surface area contributed by atoms with Crippen molar-refractivity contribution in [3.8, 4) is 5.75 Å². The van der Waals surface area contributed by atoms with Crippen LogP contribution in [0, 0.1) is 0 Å². The molecule has 2 aliphatic heterocycles. The van der Waals surface area contributed by atoms with Crippen LogP contribution in [-0.2, 0) is 15.7 Å². The molecule has 200 valence electrons. The van der Waals surface area contributed by atoms with Crippen molar-refractivity contribution in [3.63, 3.8) is 0 Å². The summed E-state index contributed by atoms with van der Waals surface area (Å²) in [6, 6.07) is 10.9. The summed E-state index contributed by atoms with van der Waals surface area (Å²) in [7, 11) is 2.00. The molecular weight excluding hydrogens is 511 g/mol. The van der Waals surface area contributed by atoms with Crippen LogP contribution in [0.15, 0.2) is 48.5 Å². The Morgan fingerprint density at radius 1 is 1.03 bits per heavy atom. The lowest BCUT2D eigenvalue weighted by atomic mass is 9.96. The number of carbonyl (C=O) groups is 2. The second-order valence-corrected chi connectivity index (χ2v) is 9.88. The smallest absolute Gasteiger partial charge is 0.416 e. The number of benzene rings is 2. The summed E-state index contributed by atoms with van der Waals surface area (Å²) in [5.41, 5.74) is -1.83. The minimum atomic E-state index is -4.49. The van der Waals surface area contributed by atoms with E-state index in [1.165, 1.54) is 17.0 Å². The van der Waals surface area contributed by atoms with E-state index in [0.717, 1.165) is 25.2 Å². The largest absolute Gasteiger partial charge is 0.490 e. The average molecular weight is 540 g/mol. The van der Waals surface area contributed by atoms with Crippen LogP contribution in [0.5, 0.6) is 5.75 Å². The third-order valence-corrected chi connectivity index (χ3v) is 6.86. The molecule has 2 aromatic rings. The molecule has 0 aromatic heterocycles. The molecule has 1 atom stereocenters. The highest BCUT2D eigenvalue weighted by molar-refractivity contribution is 6.30. The Hall–Kier alpha value is -2.82. The Morgan fingerprint density at radius 2 is 1.73 bits per heavy atom. The maximum atomic E-state index is 13.3. The number of hydrogen-bond acceptors (Lipinski definition) is 5. The molecule has 7 nitrogen and oxygen atoms in total. The summed E-state index contributed by atoms with van der Waals surface area (Å²) >= 11 is 6.07. The van der Waals surface area contributed by atoms with Crippen LogP contribution in [0.1, 0.15) is 22.3 Å². The Bertz CT molecular complexity index is 1110. The minimum absolute atomic E-state index is 0.00588. The number of morpholine rings is 1. The SMILES string of the molecule is CN1CCN(C(=O)CC2(COc3cccc(Cl)c3)CN(C(=O)c3ccc(C(F)(F)F)cc3)CCO2)CC1. The third kappa shape index (κ3) is 6.94. The zero-order chi connectivity index (χ0) is 26.6. The number of carbonyl (C=O) groups excluding carboxylic acids is 2. The van der Waals surface area contributed by atoms with E-state index in [9.17, 15) is 22.8 Å². The van der Waals surface area contributed by atoms with E-state index in [0.29, 0.717) is 23.9 Å². The molecule has 37 heavy (non-hydrogen) atoms. The summed E-state index contributed by atoms with van der Waals surface area (Å²) in [6.07, 6.45) is -4.49. The van der Waals surface area contributed by atoms with E-state index in [2.05, 4.69) is 4.90 Å². The average Bonchev–Trinajstić information content (AvgIpc) is 2.87. The molecule has 0 N–H and O–H groups in total. The highest BCUT2D eigenvalue weighted by atomic mass is 35.5. The van der Waals surface area contributed by atoms with E-state index in [1.807, 2.05) is 7.05 Å². The van der Waals surface area contributed by atoms with Gasteiger partial charge in [-0.3, -0.25) is 9.59 Å². The second-order valence-electron chi connectivity index (χ2n) is 9.44. The Labute approximate surface area is 218 Å². The molecule has 0 saturated carbocycles. The van der Waals surface area contributed by atoms with Gasteiger partial charge in [0.15, 0.2) is 0 Å². The lowest BCUT2D eigenvalue weighted by molar-refractivity contribution is -0.154. The fourth-order valence-corrected chi connectivity index (χ4v) is 4.64. The van der Waals surface area contributed by atoms with E-state index in [-0.39, 0.29) is 44.2 Å². The van der Waals surface area contributed by atoms with E-state index in [1.54, 1.807) is 29.2 Å². The Balaban J connectivity index is 1.52. The van der Waals surface area contributed by atoms with E-state index < -0.39 is 23.2 Å². The first-order chi connectivity index (χ1) is 17.5. The van der Waals surface area contributed by atoms with Gasteiger partial charge < -0.3 is 24.2 Å². The van der Waals surface area contributed by atoms with Gasteiger partial charge in [-0.2, -0.15) is 13.2 Å². The predicted octanol–water partition coefficient (Wildman–Crippen LogP) is 3.81. The van der Waals surface area contributed by atoms with Crippen molar-refractivity contribution >= 4 is 23.4 Å². The van der Waals surface area contributed by atoms with Crippen molar-refractivity contribution in [2.45, 2.75) is 18.2 Å². The first-order valence-electron chi connectivity index (χ1n) is 12.0. The van der Waals surface area contributed by atoms with Gasteiger partial charge in [0.2, 0.25) is 5.91 Å². The molecule has 0 radical (unpaired) electrons. The third-order valence-electron chi connectivity index (χ3n) is 6.62. The van der Waals surface area contributed by atoms with Gasteiger partial charge in [-0.25, -0.2) is 0 Å². The van der Waals surface area contributed by atoms with E-state index in [4.69, 9.17) is 21.1 Å². The summed E-state index contributed by atoms with van der Waals surface area (Å²) in [5.74, 6) is -0.0449. The number of hydrogen-bond donors (Lipinski definition) is 0. The summed E-state index contributed by atoms with van der Waals surface area (Å²) in [5, 5.41) is 0.490.